The molecule has 0 spiro atoms. The van der Waals surface area contributed by atoms with Crippen molar-refractivity contribution in [3.05, 3.63) is 65.2 Å². The zero-order chi connectivity index (χ0) is 12.4. The van der Waals surface area contributed by atoms with Gasteiger partial charge in [-0.3, -0.25) is 0 Å². The Morgan fingerprint density at radius 3 is 2.53 bits per heavy atom. The molecule has 0 heterocycles. The third-order valence-corrected chi connectivity index (χ3v) is 3.31. The lowest BCUT2D eigenvalue weighted by Gasteiger charge is -2.05. The molecule has 3 nitrogen and oxygen atoms in total. The van der Waals surface area contributed by atoms with Crippen molar-refractivity contribution >= 4 is 0 Å². The molecule has 1 atom stereocenters. The molecular formula is C16H19NO2. The van der Waals surface area contributed by atoms with E-state index in [-0.39, 0.29) is 6.15 Å². The van der Waals surface area contributed by atoms with Crippen LogP contribution in [0.15, 0.2) is 48.5 Å². The van der Waals surface area contributed by atoms with E-state index in [1.165, 1.54) is 16.7 Å². The van der Waals surface area contributed by atoms with Gasteiger partial charge in [-0.1, -0.05) is 36.4 Å². The van der Waals surface area contributed by atoms with Crippen molar-refractivity contribution < 1.29 is 9.47 Å². The molecule has 2 aromatic carbocycles. The maximum Gasteiger partial charge on any atom is 0.120 e. The fourth-order valence-electron chi connectivity index (χ4n) is 2.25. The fraction of sp³-hybridized carbons (Fsp3) is 0.250. The Bertz CT molecular complexity index is 540. The molecule has 1 aliphatic carbocycles. The first-order valence-electron chi connectivity index (χ1n) is 6.18. The quantitative estimate of drug-likeness (QED) is 0.891. The minimum atomic E-state index is 0. The van der Waals surface area contributed by atoms with E-state index >= 15 is 0 Å². The van der Waals surface area contributed by atoms with Gasteiger partial charge in [0.05, 0.1) is 6.61 Å². The van der Waals surface area contributed by atoms with Crippen LogP contribution < -0.4 is 10.9 Å². The second-order valence-corrected chi connectivity index (χ2v) is 4.57. The highest BCUT2D eigenvalue weighted by molar-refractivity contribution is 5.55. The van der Waals surface area contributed by atoms with Crippen LogP contribution in [0.4, 0.5) is 0 Å². The number of ether oxygens (including phenoxy) is 2. The molecule has 0 bridgehead atoms. The topological polar surface area (TPSA) is 53.5 Å². The van der Waals surface area contributed by atoms with E-state index in [1.807, 2.05) is 24.3 Å². The van der Waals surface area contributed by atoms with Crippen LogP contribution in [0.2, 0.25) is 0 Å². The van der Waals surface area contributed by atoms with Crippen LogP contribution in [0.25, 0.3) is 0 Å². The molecule has 0 fully saturated rings. The summed E-state index contributed by atoms with van der Waals surface area (Å²) in [4.78, 5) is 0. The summed E-state index contributed by atoms with van der Waals surface area (Å²) >= 11 is 0. The Morgan fingerprint density at radius 1 is 1.00 bits per heavy atom. The van der Waals surface area contributed by atoms with E-state index in [2.05, 4.69) is 24.3 Å². The van der Waals surface area contributed by atoms with E-state index in [0.29, 0.717) is 12.5 Å². The van der Waals surface area contributed by atoms with Crippen LogP contribution in [0.3, 0.4) is 0 Å². The van der Waals surface area contributed by atoms with Crippen molar-refractivity contribution in [2.75, 3.05) is 13.7 Å². The molecule has 0 saturated heterocycles. The largest absolute Gasteiger partial charge is 0.489 e. The first-order chi connectivity index (χ1) is 8.88. The molecular weight excluding hydrogens is 238 g/mol. The standard InChI is InChI=1S/C16H16O2.H3N/c1-17-11-16-14-8-7-13(9-15(14)16)18-10-12-5-3-2-4-6-12;/h2-9,16H,10-11H2,1H3;1H3. The van der Waals surface area contributed by atoms with Gasteiger partial charge in [0.15, 0.2) is 0 Å². The summed E-state index contributed by atoms with van der Waals surface area (Å²) in [5, 5.41) is 0. The highest BCUT2D eigenvalue weighted by Crippen LogP contribution is 2.45. The minimum Gasteiger partial charge on any atom is -0.489 e. The second kappa shape index (κ2) is 5.87. The highest BCUT2D eigenvalue weighted by atomic mass is 16.5. The average molecular weight is 257 g/mol. The van der Waals surface area contributed by atoms with E-state index < -0.39 is 0 Å². The van der Waals surface area contributed by atoms with Gasteiger partial charge in [-0.05, 0) is 28.8 Å². The molecule has 3 heteroatoms. The lowest BCUT2D eigenvalue weighted by atomic mass is 10.2. The maximum absolute atomic E-state index is 5.79. The summed E-state index contributed by atoms with van der Waals surface area (Å²) in [5.74, 6) is 1.43. The Morgan fingerprint density at radius 2 is 1.79 bits per heavy atom. The molecule has 1 unspecified atom stereocenters. The molecule has 2 aromatic rings. The average Bonchev–Trinajstić information content (AvgIpc) is 3.11. The number of hydrogen-bond donors (Lipinski definition) is 1. The summed E-state index contributed by atoms with van der Waals surface area (Å²) in [6, 6.07) is 16.5. The lowest BCUT2D eigenvalue weighted by molar-refractivity contribution is 0.199. The van der Waals surface area contributed by atoms with Gasteiger partial charge < -0.3 is 15.6 Å². The van der Waals surface area contributed by atoms with Gasteiger partial charge in [0.25, 0.3) is 0 Å². The second-order valence-electron chi connectivity index (χ2n) is 4.57. The Labute approximate surface area is 113 Å². The first-order valence-corrected chi connectivity index (χ1v) is 6.18. The summed E-state index contributed by atoms with van der Waals surface area (Å²) in [5.41, 5.74) is 3.95. The van der Waals surface area contributed by atoms with Gasteiger partial charge in [-0.25, -0.2) is 0 Å². The van der Waals surface area contributed by atoms with Crippen LogP contribution in [0.5, 0.6) is 5.75 Å². The fourth-order valence-corrected chi connectivity index (χ4v) is 2.25. The monoisotopic (exact) mass is 257 g/mol. The SMILES string of the molecule is COCC1c2ccc(OCc3ccccc3)cc21.N. The van der Waals surface area contributed by atoms with Crippen molar-refractivity contribution in [1.29, 1.82) is 0 Å². The summed E-state index contributed by atoms with van der Waals surface area (Å²) in [6.07, 6.45) is 0. The van der Waals surface area contributed by atoms with E-state index in [9.17, 15) is 0 Å². The molecule has 19 heavy (non-hydrogen) atoms. The number of hydrogen-bond acceptors (Lipinski definition) is 3. The Kier molecular flexibility index (Phi) is 4.20. The number of methoxy groups -OCH3 is 1. The van der Waals surface area contributed by atoms with Crippen molar-refractivity contribution in [1.82, 2.24) is 6.15 Å². The molecule has 0 saturated carbocycles. The van der Waals surface area contributed by atoms with Crippen LogP contribution in [-0.2, 0) is 11.3 Å². The number of rotatable bonds is 5. The van der Waals surface area contributed by atoms with Gasteiger partial charge in [-0.2, -0.15) is 0 Å². The third kappa shape index (κ3) is 2.95. The summed E-state index contributed by atoms with van der Waals surface area (Å²) < 4.78 is 11.0. The van der Waals surface area contributed by atoms with Gasteiger partial charge in [0.1, 0.15) is 12.4 Å². The molecule has 100 valence electrons. The number of fused-ring (bicyclic) bond motifs is 1. The number of benzene rings is 2. The van der Waals surface area contributed by atoms with E-state index in [4.69, 9.17) is 9.47 Å². The molecule has 1 aliphatic rings. The van der Waals surface area contributed by atoms with Crippen LogP contribution in [0, 0.1) is 0 Å². The predicted octanol–water partition coefficient (Wildman–Crippen LogP) is 3.52. The predicted molar refractivity (Wildman–Crippen MR) is 76.0 cm³/mol. The first kappa shape index (κ1) is 13.6. The van der Waals surface area contributed by atoms with E-state index in [0.717, 1.165) is 12.4 Å². The minimum absolute atomic E-state index is 0. The molecule has 0 aromatic heterocycles. The highest BCUT2D eigenvalue weighted by Gasteiger charge is 2.32. The van der Waals surface area contributed by atoms with Crippen LogP contribution >= 0.6 is 0 Å². The summed E-state index contributed by atoms with van der Waals surface area (Å²) in [6.45, 7) is 1.39. The molecule has 3 N–H and O–H groups in total. The smallest absolute Gasteiger partial charge is 0.120 e. The normalized spacial score (nSPS) is 15.3. The van der Waals surface area contributed by atoms with Gasteiger partial charge in [0.2, 0.25) is 0 Å². The van der Waals surface area contributed by atoms with Crippen molar-refractivity contribution in [3.8, 4) is 5.75 Å². The zero-order valence-electron chi connectivity index (χ0n) is 11.1. The van der Waals surface area contributed by atoms with Crippen molar-refractivity contribution in [2.45, 2.75) is 12.5 Å². The van der Waals surface area contributed by atoms with Crippen LogP contribution in [-0.4, -0.2) is 13.7 Å². The Hall–Kier alpha value is -1.84. The maximum atomic E-state index is 5.79. The molecule has 0 radical (unpaired) electrons. The van der Waals surface area contributed by atoms with Crippen molar-refractivity contribution in [3.63, 3.8) is 0 Å². The van der Waals surface area contributed by atoms with Gasteiger partial charge in [-0.15, -0.1) is 0 Å². The van der Waals surface area contributed by atoms with Crippen LogP contribution in [0.1, 0.15) is 22.6 Å². The van der Waals surface area contributed by atoms with Gasteiger partial charge >= 0.3 is 0 Å². The summed E-state index contributed by atoms with van der Waals surface area (Å²) in [7, 11) is 1.74. The molecule has 0 aliphatic heterocycles. The third-order valence-electron chi connectivity index (χ3n) is 3.31. The van der Waals surface area contributed by atoms with Crippen molar-refractivity contribution in [2.24, 2.45) is 0 Å². The molecule has 3 rings (SSSR count). The van der Waals surface area contributed by atoms with E-state index in [1.54, 1.807) is 7.11 Å². The van der Waals surface area contributed by atoms with Gasteiger partial charge in [0, 0.05) is 13.0 Å². The molecule has 0 amide bonds. The zero-order valence-corrected chi connectivity index (χ0v) is 11.1. The Balaban J connectivity index is 0.00000133. The lowest BCUT2D eigenvalue weighted by Crippen LogP contribution is -1.94.